The predicted molar refractivity (Wildman–Crippen MR) is 78.8 cm³/mol. The molecule has 2 nitrogen and oxygen atoms in total. The summed E-state index contributed by atoms with van der Waals surface area (Å²) >= 11 is 1.55. The summed E-state index contributed by atoms with van der Waals surface area (Å²) in [5.74, 6) is 0.420. The van der Waals surface area contributed by atoms with E-state index in [1.807, 2.05) is 19.2 Å². The van der Waals surface area contributed by atoms with Crippen molar-refractivity contribution in [2.24, 2.45) is 5.92 Å². The van der Waals surface area contributed by atoms with E-state index in [0.717, 1.165) is 28.5 Å². The van der Waals surface area contributed by atoms with Gasteiger partial charge in [0.1, 0.15) is 10.8 Å². The Hall–Kier alpha value is -1.26. The quantitative estimate of drug-likeness (QED) is 0.894. The summed E-state index contributed by atoms with van der Waals surface area (Å²) in [6, 6.07) is 5.12. The van der Waals surface area contributed by atoms with Gasteiger partial charge in [0.15, 0.2) is 0 Å². The van der Waals surface area contributed by atoms with Gasteiger partial charge in [-0.2, -0.15) is 0 Å². The van der Waals surface area contributed by atoms with Crippen molar-refractivity contribution in [2.45, 2.75) is 27.3 Å². The average Bonchev–Trinajstić information content (AvgIpc) is 2.80. The largest absolute Gasteiger partial charge is 0.312 e. The molecule has 0 spiro atoms. The molecule has 0 saturated heterocycles. The molecule has 19 heavy (non-hydrogen) atoms. The molecule has 0 saturated carbocycles. The number of thiazole rings is 1. The Balaban J connectivity index is 2.10. The third kappa shape index (κ3) is 3.85. The lowest BCUT2D eigenvalue weighted by molar-refractivity contribution is 0.554. The molecule has 102 valence electrons. The highest BCUT2D eigenvalue weighted by Crippen LogP contribution is 2.28. The van der Waals surface area contributed by atoms with Gasteiger partial charge < -0.3 is 5.32 Å². The second-order valence-corrected chi connectivity index (χ2v) is 6.25. The fourth-order valence-electron chi connectivity index (χ4n) is 1.80. The normalized spacial score (nSPS) is 11.2. The number of hydrogen-bond donors (Lipinski definition) is 1. The minimum Gasteiger partial charge on any atom is -0.312 e. The number of benzene rings is 1. The van der Waals surface area contributed by atoms with Gasteiger partial charge in [-0.05, 0) is 31.5 Å². The highest BCUT2D eigenvalue weighted by molar-refractivity contribution is 7.15. The van der Waals surface area contributed by atoms with Crippen LogP contribution >= 0.6 is 11.3 Å². The van der Waals surface area contributed by atoms with E-state index >= 15 is 0 Å². The molecule has 0 radical (unpaired) electrons. The van der Waals surface area contributed by atoms with Crippen molar-refractivity contribution in [3.8, 4) is 10.6 Å². The molecule has 0 atom stereocenters. The molecule has 2 aromatic rings. The Morgan fingerprint density at radius 3 is 2.89 bits per heavy atom. The fourth-order valence-corrected chi connectivity index (χ4v) is 2.70. The smallest absolute Gasteiger partial charge is 0.133 e. The lowest BCUT2D eigenvalue weighted by Gasteiger charge is -2.04. The van der Waals surface area contributed by atoms with Crippen molar-refractivity contribution in [1.29, 1.82) is 0 Å². The first-order valence-corrected chi connectivity index (χ1v) is 7.30. The van der Waals surface area contributed by atoms with E-state index in [1.54, 1.807) is 17.4 Å². The van der Waals surface area contributed by atoms with Crippen LogP contribution in [0.5, 0.6) is 0 Å². The Labute approximate surface area is 117 Å². The molecule has 2 rings (SSSR count). The molecule has 0 bridgehead atoms. The summed E-state index contributed by atoms with van der Waals surface area (Å²) in [4.78, 5) is 5.46. The third-order valence-electron chi connectivity index (χ3n) is 2.76. The van der Waals surface area contributed by atoms with Crippen molar-refractivity contribution < 1.29 is 4.39 Å². The Bertz CT molecular complexity index is 549. The third-order valence-corrected chi connectivity index (χ3v) is 3.79. The number of halogens is 1. The second-order valence-electron chi connectivity index (χ2n) is 5.14. The molecule has 1 heterocycles. The maximum absolute atomic E-state index is 13.8. The number of hydrogen-bond acceptors (Lipinski definition) is 3. The zero-order valence-electron chi connectivity index (χ0n) is 11.5. The molecule has 0 aliphatic carbocycles. The van der Waals surface area contributed by atoms with Crippen LogP contribution in [0.2, 0.25) is 0 Å². The Morgan fingerprint density at radius 2 is 2.16 bits per heavy atom. The molecule has 1 aromatic heterocycles. The van der Waals surface area contributed by atoms with Crippen LogP contribution in [0.1, 0.15) is 24.3 Å². The van der Waals surface area contributed by atoms with Crippen molar-refractivity contribution in [2.75, 3.05) is 6.54 Å². The van der Waals surface area contributed by atoms with Crippen molar-refractivity contribution >= 4 is 11.3 Å². The maximum atomic E-state index is 13.8. The summed E-state index contributed by atoms with van der Waals surface area (Å²) < 4.78 is 13.8. The molecule has 4 heteroatoms. The van der Waals surface area contributed by atoms with Gasteiger partial charge in [-0.1, -0.05) is 25.5 Å². The first kappa shape index (κ1) is 14.2. The SMILES string of the molecule is Cc1ccc(F)c(-c2ncc(CNCC(C)C)s2)c1. The van der Waals surface area contributed by atoms with E-state index in [1.165, 1.54) is 6.07 Å². The number of nitrogens with zero attached hydrogens (tertiary/aromatic N) is 1. The summed E-state index contributed by atoms with van der Waals surface area (Å²) in [5, 5.41) is 4.12. The van der Waals surface area contributed by atoms with E-state index in [2.05, 4.69) is 24.1 Å². The van der Waals surface area contributed by atoms with Gasteiger partial charge in [-0.15, -0.1) is 11.3 Å². The molecule has 0 amide bonds. The van der Waals surface area contributed by atoms with Crippen LogP contribution in [-0.4, -0.2) is 11.5 Å². The number of nitrogens with one attached hydrogen (secondary N) is 1. The van der Waals surface area contributed by atoms with Crippen molar-refractivity contribution in [3.05, 3.63) is 40.7 Å². The lowest BCUT2D eigenvalue weighted by Crippen LogP contribution is -2.18. The van der Waals surface area contributed by atoms with E-state index in [9.17, 15) is 4.39 Å². The predicted octanol–water partition coefficient (Wildman–Crippen LogP) is 4.00. The topological polar surface area (TPSA) is 24.9 Å². The Kier molecular flexibility index (Phi) is 4.66. The number of aromatic nitrogens is 1. The molecule has 1 N–H and O–H groups in total. The van der Waals surface area contributed by atoms with Crippen LogP contribution in [0, 0.1) is 18.7 Å². The second kappa shape index (κ2) is 6.26. The monoisotopic (exact) mass is 278 g/mol. The van der Waals surface area contributed by atoms with Crippen LogP contribution < -0.4 is 5.32 Å². The van der Waals surface area contributed by atoms with E-state index < -0.39 is 0 Å². The summed E-state index contributed by atoms with van der Waals surface area (Å²) in [7, 11) is 0. The van der Waals surface area contributed by atoms with E-state index in [4.69, 9.17) is 0 Å². The van der Waals surface area contributed by atoms with Crippen LogP contribution in [-0.2, 0) is 6.54 Å². The zero-order valence-corrected chi connectivity index (χ0v) is 12.4. The van der Waals surface area contributed by atoms with Gasteiger partial charge in [0.25, 0.3) is 0 Å². The van der Waals surface area contributed by atoms with Gasteiger partial charge in [0.2, 0.25) is 0 Å². The average molecular weight is 278 g/mol. The van der Waals surface area contributed by atoms with E-state index in [0.29, 0.717) is 11.5 Å². The van der Waals surface area contributed by atoms with Crippen LogP contribution in [0.3, 0.4) is 0 Å². The molecule has 0 fully saturated rings. The van der Waals surface area contributed by atoms with Gasteiger partial charge in [0.05, 0.1) is 0 Å². The molecule has 0 aliphatic rings. The van der Waals surface area contributed by atoms with Crippen LogP contribution in [0.15, 0.2) is 24.4 Å². The van der Waals surface area contributed by atoms with Gasteiger partial charge >= 0.3 is 0 Å². The highest BCUT2D eigenvalue weighted by Gasteiger charge is 2.10. The minimum absolute atomic E-state index is 0.207. The fraction of sp³-hybridized carbons (Fsp3) is 0.400. The Morgan fingerprint density at radius 1 is 1.37 bits per heavy atom. The maximum Gasteiger partial charge on any atom is 0.133 e. The van der Waals surface area contributed by atoms with Crippen molar-refractivity contribution in [3.63, 3.8) is 0 Å². The summed E-state index contributed by atoms with van der Waals surface area (Å²) in [5.41, 5.74) is 1.64. The lowest BCUT2D eigenvalue weighted by atomic mass is 10.1. The minimum atomic E-state index is -0.207. The standard InChI is InChI=1S/C15H19FN2S/c1-10(2)7-17-8-12-9-18-15(19-12)13-6-11(3)4-5-14(13)16/h4-6,9-10,17H,7-8H2,1-3H3. The van der Waals surface area contributed by atoms with Crippen molar-refractivity contribution in [1.82, 2.24) is 10.3 Å². The molecular weight excluding hydrogens is 259 g/mol. The van der Waals surface area contributed by atoms with Gasteiger partial charge in [-0.25, -0.2) is 9.37 Å². The van der Waals surface area contributed by atoms with E-state index in [-0.39, 0.29) is 5.82 Å². The molecular formula is C15H19FN2S. The zero-order chi connectivity index (χ0) is 13.8. The first-order chi connectivity index (χ1) is 9.06. The van der Waals surface area contributed by atoms with Crippen LogP contribution in [0.4, 0.5) is 4.39 Å². The number of rotatable bonds is 5. The molecule has 0 aliphatic heterocycles. The summed E-state index contributed by atoms with van der Waals surface area (Å²) in [6.45, 7) is 8.08. The van der Waals surface area contributed by atoms with Gasteiger partial charge in [-0.3, -0.25) is 0 Å². The van der Waals surface area contributed by atoms with Gasteiger partial charge in [0, 0.05) is 23.2 Å². The molecule has 0 unspecified atom stereocenters. The molecule has 1 aromatic carbocycles. The van der Waals surface area contributed by atoms with Crippen LogP contribution in [0.25, 0.3) is 10.6 Å². The number of aryl methyl sites for hydroxylation is 1. The first-order valence-electron chi connectivity index (χ1n) is 6.48. The summed E-state index contributed by atoms with van der Waals surface area (Å²) in [6.07, 6.45) is 1.83. The highest BCUT2D eigenvalue weighted by atomic mass is 32.1.